The molecule has 1 aliphatic rings. The van der Waals surface area contributed by atoms with Crippen molar-refractivity contribution in [1.82, 2.24) is 5.32 Å². The number of nitrogens with two attached hydrogens (primary N) is 1. The summed E-state index contributed by atoms with van der Waals surface area (Å²) in [4.78, 5) is 22.6. The fourth-order valence-corrected chi connectivity index (χ4v) is 2.09. The summed E-state index contributed by atoms with van der Waals surface area (Å²) < 4.78 is 5.43. The van der Waals surface area contributed by atoms with E-state index in [2.05, 4.69) is 10.6 Å². The van der Waals surface area contributed by atoms with Crippen LogP contribution in [0.1, 0.15) is 12.8 Å². The predicted molar refractivity (Wildman–Crippen MR) is 75.0 cm³/mol. The molecule has 108 valence electrons. The molecule has 1 heterocycles. The van der Waals surface area contributed by atoms with Crippen LogP contribution in [0.15, 0.2) is 30.3 Å². The van der Waals surface area contributed by atoms with Gasteiger partial charge in [-0.3, -0.25) is 9.59 Å². The molecule has 0 saturated carbocycles. The first-order valence-corrected chi connectivity index (χ1v) is 6.65. The van der Waals surface area contributed by atoms with Gasteiger partial charge in [0.2, 0.25) is 11.8 Å². The van der Waals surface area contributed by atoms with Crippen LogP contribution in [0.3, 0.4) is 0 Å². The van der Waals surface area contributed by atoms with Crippen molar-refractivity contribution in [3.63, 3.8) is 0 Å². The summed E-state index contributed by atoms with van der Waals surface area (Å²) in [7, 11) is 0. The molecule has 4 N–H and O–H groups in total. The number of primary amides is 1. The van der Waals surface area contributed by atoms with E-state index in [4.69, 9.17) is 10.5 Å². The zero-order chi connectivity index (χ0) is 14.4. The highest BCUT2D eigenvalue weighted by Gasteiger charge is 2.29. The lowest BCUT2D eigenvalue weighted by molar-refractivity contribution is -0.128. The number of carbonyl (C=O) groups is 2. The lowest BCUT2D eigenvalue weighted by atomic mass is 10.2. The van der Waals surface area contributed by atoms with Crippen molar-refractivity contribution in [2.24, 2.45) is 5.73 Å². The third-order valence-corrected chi connectivity index (χ3v) is 3.18. The highest BCUT2D eigenvalue weighted by molar-refractivity contribution is 5.81. The Labute approximate surface area is 117 Å². The minimum absolute atomic E-state index is 0.111. The number of anilines is 1. The van der Waals surface area contributed by atoms with Crippen molar-refractivity contribution in [2.75, 3.05) is 18.4 Å². The number of amides is 2. The van der Waals surface area contributed by atoms with Gasteiger partial charge in [0, 0.05) is 12.2 Å². The second-order valence-corrected chi connectivity index (χ2v) is 4.75. The Morgan fingerprint density at radius 1 is 1.25 bits per heavy atom. The summed E-state index contributed by atoms with van der Waals surface area (Å²) in [5, 5.41) is 5.80. The first-order chi connectivity index (χ1) is 9.65. The maximum absolute atomic E-state index is 11.7. The molecule has 2 amide bonds. The van der Waals surface area contributed by atoms with Crippen molar-refractivity contribution in [3.05, 3.63) is 30.3 Å². The Kier molecular flexibility index (Phi) is 4.95. The van der Waals surface area contributed by atoms with Gasteiger partial charge in [-0.15, -0.1) is 0 Å². The number of hydrogen-bond donors (Lipinski definition) is 3. The van der Waals surface area contributed by atoms with Gasteiger partial charge in [-0.1, -0.05) is 18.2 Å². The minimum Gasteiger partial charge on any atom is -0.376 e. The maximum Gasteiger partial charge on any atom is 0.246 e. The standard InChI is InChI=1S/C14H19N3O3/c15-14(19)12-7-6-11(20-12)8-17-13(18)9-16-10-4-2-1-3-5-10/h1-5,11-12,16H,6-9H2,(H2,15,19)(H,17,18). The molecule has 1 saturated heterocycles. The smallest absolute Gasteiger partial charge is 0.246 e. The van der Waals surface area contributed by atoms with E-state index in [-0.39, 0.29) is 18.6 Å². The van der Waals surface area contributed by atoms with Crippen molar-refractivity contribution in [1.29, 1.82) is 0 Å². The lowest BCUT2D eigenvalue weighted by Gasteiger charge is -2.13. The van der Waals surface area contributed by atoms with Crippen LogP contribution in [0, 0.1) is 0 Å². The van der Waals surface area contributed by atoms with E-state index in [1.165, 1.54) is 0 Å². The molecule has 2 unspecified atom stereocenters. The van der Waals surface area contributed by atoms with Gasteiger partial charge >= 0.3 is 0 Å². The Morgan fingerprint density at radius 2 is 2.00 bits per heavy atom. The normalized spacial score (nSPS) is 21.4. The molecule has 6 heteroatoms. The number of rotatable bonds is 6. The monoisotopic (exact) mass is 277 g/mol. The summed E-state index contributed by atoms with van der Waals surface area (Å²) in [6.07, 6.45) is 0.713. The number of hydrogen-bond acceptors (Lipinski definition) is 4. The van der Waals surface area contributed by atoms with Crippen LogP contribution in [0.25, 0.3) is 0 Å². The van der Waals surface area contributed by atoms with E-state index in [0.717, 1.165) is 12.1 Å². The largest absolute Gasteiger partial charge is 0.376 e. The third-order valence-electron chi connectivity index (χ3n) is 3.18. The fraction of sp³-hybridized carbons (Fsp3) is 0.429. The number of ether oxygens (including phenoxy) is 1. The quantitative estimate of drug-likeness (QED) is 0.694. The van der Waals surface area contributed by atoms with Crippen LogP contribution in [0.5, 0.6) is 0 Å². The zero-order valence-corrected chi connectivity index (χ0v) is 11.2. The SMILES string of the molecule is NC(=O)C1CCC(CNC(=O)CNc2ccccc2)O1. The average molecular weight is 277 g/mol. The highest BCUT2D eigenvalue weighted by Crippen LogP contribution is 2.18. The maximum atomic E-state index is 11.7. The predicted octanol–water partition coefficient (Wildman–Crippen LogP) is 0.248. The van der Waals surface area contributed by atoms with Gasteiger partial charge < -0.3 is 21.1 Å². The zero-order valence-electron chi connectivity index (χ0n) is 11.2. The van der Waals surface area contributed by atoms with Crippen LogP contribution in [0.4, 0.5) is 5.69 Å². The average Bonchev–Trinajstić information content (AvgIpc) is 2.93. The minimum atomic E-state index is -0.514. The first kappa shape index (κ1) is 14.3. The van der Waals surface area contributed by atoms with E-state index >= 15 is 0 Å². The second-order valence-electron chi connectivity index (χ2n) is 4.75. The lowest BCUT2D eigenvalue weighted by Crippen LogP contribution is -2.37. The van der Waals surface area contributed by atoms with Gasteiger partial charge in [-0.05, 0) is 25.0 Å². The van der Waals surface area contributed by atoms with Crippen LogP contribution < -0.4 is 16.4 Å². The van der Waals surface area contributed by atoms with E-state index < -0.39 is 12.0 Å². The number of carbonyl (C=O) groups excluding carboxylic acids is 2. The van der Waals surface area contributed by atoms with Crippen molar-refractivity contribution >= 4 is 17.5 Å². The van der Waals surface area contributed by atoms with Crippen LogP contribution in [-0.2, 0) is 14.3 Å². The third kappa shape index (κ3) is 4.24. The molecular weight excluding hydrogens is 258 g/mol. The number of para-hydroxylation sites is 1. The van der Waals surface area contributed by atoms with Gasteiger partial charge in [0.15, 0.2) is 0 Å². The van der Waals surface area contributed by atoms with Gasteiger partial charge in [0.1, 0.15) is 6.10 Å². The Balaban J connectivity index is 1.65. The molecule has 0 aromatic heterocycles. The molecule has 1 aromatic rings. The van der Waals surface area contributed by atoms with Crippen LogP contribution in [0.2, 0.25) is 0 Å². The summed E-state index contributed by atoms with van der Waals surface area (Å²) in [6, 6.07) is 9.50. The molecule has 0 spiro atoms. The molecule has 1 aromatic carbocycles. The van der Waals surface area contributed by atoms with Crippen molar-refractivity contribution in [3.8, 4) is 0 Å². The molecule has 0 radical (unpaired) electrons. The molecule has 20 heavy (non-hydrogen) atoms. The molecule has 1 fully saturated rings. The number of nitrogens with one attached hydrogen (secondary N) is 2. The second kappa shape index (κ2) is 6.91. The topological polar surface area (TPSA) is 93.5 Å². The fourth-order valence-electron chi connectivity index (χ4n) is 2.09. The van der Waals surface area contributed by atoms with Crippen LogP contribution in [-0.4, -0.2) is 37.1 Å². The van der Waals surface area contributed by atoms with Gasteiger partial charge in [-0.25, -0.2) is 0 Å². The summed E-state index contributed by atoms with van der Waals surface area (Å²) in [5.41, 5.74) is 6.06. The van der Waals surface area contributed by atoms with E-state index in [9.17, 15) is 9.59 Å². The molecule has 2 rings (SSSR count). The molecular formula is C14H19N3O3. The highest BCUT2D eigenvalue weighted by atomic mass is 16.5. The Hall–Kier alpha value is -2.08. The molecule has 6 nitrogen and oxygen atoms in total. The van der Waals surface area contributed by atoms with Crippen LogP contribution >= 0.6 is 0 Å². The molecule has 0 aliphatic carbocycles. The van der Waals surface area contributed by atoms with Gasteiger partial charge in [0.25, 0.3) is 0 Å². The van der Waals surface area contributed by atoms with Gasteiger partial charge in [0.05, 0.1) is 12.6 Å². The summed E-state index contributed by atoms with van der Waals surface area (Å²) >= 11 is 0. The van der Waals surface area contributed by atoms with Crippen molar-refractivity contribution in [2.45, 2.75) is 25.0 Å². The van der Waals surface area contributed by atoms with Crippen molar-refractivity contribution < 1.29 is 14.3 Å². The summed E-state index contributed by atoms with van der Waals surface area (Å²) in [6.45, 7) is 0.606. The first-order valence-electron chi connectivity index (χ1n) is 6.65. The van der Waals surface area contributed by atoms with E-state index in [0.29, 0.717) is 13.0 Å². The van der Waals surface area contributed by atoms with E-state index in [1.54, 1.807) is 0 Å². The van der Waals surface area contributed by atoms with Gasteiger partial charge in [-0.2, -0.15) is 0 Å². The van der Waals surface area contributed by atoms with E-state index in [1.807, 2.05) is 30.3 Å². The molecule has 2 atom stereocenters. The number of benzene rings is 1. The molecule has 1 aliphatic heterocycles. The summed E-state index contributed by atoms with van der Waals surface area (Å²) in [5.74, 6) is -0.551. The molecule has 0 bridgehead atoms. The Bertz CT molecular complexity index is 464. The Morgan fingerprint density at radius 3 is 2.65 bits per heavy atom.